The second kappa shape index (κ2) is 15.1. The van der Waals surface area contributed by atoms with Crippen LogP contribution < -0.4 is 9.47 Å². The topological polar surface area (TPSA) is 94.5 Å². The van der Waals surface area contributed by atoms with Crippen molar-refractivity contribution in [2.24, 2.45) is 0 Å². The molecular formula is C25H28F5NO7. The van der Waals surface area contributed by atoms with E-state index in [2.05, 4.69) is 4.74 Å². The van der Waals surface area contributed by atoms with Crippen LogP contribution in [0.2, 0.25) is 0 Å². The molecule has 0 aromatic heterocycles. The average Bonchev–Trinajstić information content (AvgIpc) is 2.85. The van der Waals surface area contributed by atoms with Gasteiger partial charge in [0.2, 0.25) is 0 Å². The summed E-state index contributed by atoms with van der Waals surface area (Å²) < 4.78 is 83.7. The molecule has 0 bridgehead atoms. The summed E-state index contributed by atoms with van der Waals surface area (Å²) in [7, 11) is 0. The van der Waals surface area contributed by atoms with Gasteiger partial charge in [0.05, 0.1) is 6.54 Å². The first-order valence-electron chi connectivity index (χ1n) is 11.6. The first kappa shape index (κ1) is 30.8. The highest BCUT2D eigenvalue weighted by Crippen LogP contribution is 2.18. The Kier molecular flexibility index (Phi) is 12.2. The maximum atomic E-state index is 13.4. The van der Waals surface area contributed by atoms with E-state index in [1.165, 1.54) is 0 Å². The molecule has 13 heteroatoms. The van der Waals surface area contributed by atoms with Crippen molar-refractivity contribution in [3.05, 3.63) is 59.7 Å². The Morgan fingerprint density at radius 2 is 1.66 bits per heavy atom. The zero-order valence-electron chi connectivity index (χ0n) is 20.5. The van der Waals surface area contributed by atoms with Gasteiger partial charge in [-0.3, -0.25) is 0 Å². The molecule has 2 aromatic carbocycles. The number of carboxylic acids is 1. The van der Waals surface area contributed by atoms with Crippen molar-refractivity contribution < 1.29 is 55.6 Å². The zero-order chi connectivity index (χ0) is 28.1. The van der Waals surface area contributed by atoms with Gasteiger partial charge in [0.25, 0.3) is 0 Å². The Morgan fingerprint density at radius 1 is 0.974 bits per heavy atom. The second-order valence-corrected chi connectivity index (χ2v) is 7.93. The fraction of sp³-hybridized carbons (Fsp3) is 0.440. The van der Waals surface area contributed by atoms with Crippen LogP contribution in [0.1, 0.15) is 18.9 Å². The van der Waals surface area contributed by atoms with E-state index in [4.69, 9.17) is 14.2 Å². The highest BCUT2D eigenvalue weighted by atomic mass is 19.4. The lowest BCUT2D eigenvalue weighted by atomic mass is 10.1. The molecule has 8 nitrogen and oxygen atoms in total. The van der Waals surface area contributed by atoms with Crippen LogP contribution >= 0.6 is 0 Å². The first-order valence-corrected chi connectivity index (χ1v) is 11.6. The van der Waals surface area contributed by atoms with Crippen LogP contribution in [0.25, 0.3) is 0 Å². The van der Waals surface area contributed by atoms with Gasteiger partial charge < -0.3 is 29.0 Å². The fourth-order valence-electron chi connectivity index (χ4n) is 3.17. The minimum Gasteiger partial charge on any atom is -0.492 e. The van der Waals surface area contributed by atoms with Gasteiger partial charge in [-0.1, -0.05) is 12.1 Å². The standard InChI is InChI=1S/C25H28F5NO7/c1-2-36-22(23(32)33)14-17-4-6-18(7-5-17)37-13-11-31(10-3-12-35-16-25(28,29)30)24(34)38-19-8-9-20(26)21(27)15-19/h4-9,15,22H,2-3,10-14,16H2,1H3,(H,32,33). The Balaban J connectivity index is 1.94. The summed E-state index contributed by atoms with van der Waals surface area (Å²) in [6, 6.07) is 9.07. The van der Waals surface area contributed by atoms with E-state index in [0.29, 0.717) is 17.4 Å². The number of hydrogen-bond donors (Lipinski definition) is 1. The minimum atomic E-state index is -4.48. The summed E-state index contributed by atoms with van der Waals surface area (Å²) in [4.78, 5) is 25.0. The van der Waals surface area contributed by atoms with E-state index < -0.39 is 42.6 Å². The van der Waals surface area contributed by atoms with Gasteiger partial charge in [0, 0.05) is 32.2 Å². The minimum absolute atomic E-state index is 0.0354. The number of nitrogens with zero attached hydrogens (tertiary/aromatic N) is 1. The van der Waals surface area contributed by atoms with Gasteiger partial charge in [-0.05, 0) is 43.2 Å². The van der Waals surface area contributed by atoms with Crippen LogP contribution in [0, 0.1) is 11.6 Å². The lowest BCUT2D eigenvalue weighted by Crippen LogP contribution is -2.38. The lowest BCUT2D eigenvalue weighted by Gasteiger charge is -2.22. The van der Waals surface area contributed by atoms with Crippen LogP contribution in [-0.2, 0) is 20.7 Å². The molecule has 0 aliphatic heterocycles. The summed E-state index contributed by atoms with van der Waals surface area (Å²) in [6.07, 6.45) is -6.21. The molecule has 0 saturated heterocycles. The molecule has 0 heterocycles. The number of alkyl halides is 3. The quantitative estimate of drug-likeness (QED) is 0.251. The van der Waals surface area contributed by atoms with Crippen LogP contribution in [0.4, 0.5) is 26.7 Å². The number of aliphatic carboxylic acids is 1. The predicted molar refractivity (Wildman–Crippen MR) is 124 cm³/mol. The number of halogens is 5. The number of carbonyl (C=O) groups is 2. The number of rotatable bonds is 15. The van der Waals surface area contributed by atoms with E-state index in [1.807, 2.05) is 0 Å². The van der Waals surface area contributed by atoms with Crippen molar-refractivity contribution in [1.82, 2.24) is 4.90 Å². The van der Waals surface area contributed by atoms with Gasteiger partial charge in [0.15, 0.2) is 17.7 Å². The van der Waals surface area contributed by atoms with Gasteiger partial charge >= 0.3 is 18.2 Å². The Hall–Kier alpha value is -3.45. The summed E-state index contributed by atoms with van der Waals surface area (Å²) in [5.74, 6) is -3.26. The molecule has 38 heavy (non-hydrogen) atoms. The third kappa shape index (κ3) is 11.3. The van der Waals surface area contributed by atoms with Crippen LogP contribution in [-0.4, -0.2) is 73.9 Å². The van der Waals surface area contributed by atoms with E-state index in [1.54, 1.807) is 31.2 Å². The summed E-state index contributed by atoms with van der Waals surface area (Å²) in [6.45, 7) is 0.0954. The normalized spacial score (nSPS) is 12.2. The van der Waals surface area contributed by atoms with Crippen molar-refractivity contribution in [2.45, 2.75) is 32.0 Å². The number of amides is 1. The summed E-state index contributed by atoms with van der Waals surface area (Å²) in [5, 5.41) is 9.19. The Morgan fingerprint density at radius 3 is 2.26 bits per heavy atom. The Bertz CT molecular complexity index is 1030. The number of hydrogen-bond acceptors (Lipinski definition) is 6. The maximum absolute atomic E-state index is 13.4. The van der Waals surface area contributed by atoms with Crippen molar-refractivity contribution in [2.75, 3.05) is 39.5 Å². The predicted octanol–water partition coefficient (Wildman–Crippen LogP) is 4.85. The van der Waals surface area contributed by atoms with Gasteiger partial charge in [-0.2, -0.15) is 13.2 Å². The van der Waals surface area contributed by atoms with Gasteiger partial charge in [-0.25, -0.2) is 18.4 Å². The largest absolute Gasteiger partial charge is 0.492 e. The Labute approximate surface area is 215 Å². The molecule has 0 spiro atoms. The van der Waals surface area contributed by atoms with Crippen molar-refractivity contribution in [3.63, 3.8) is 0 Å². The number of carbonyl (C=O) groups excluding carboxylic acids is 1. The molecule has 2 aromatic rings. The third-order valence-electron chi connectivity index (χ3n) is 4.95. The van der Waals surface area contributed by atoms with E-state index in [-0.39, 0.29) is 51.5 Å². The van der Waals surface area contributed by atoms with Gasteiger partial charge in [0.1, 0.15) is 24.7 Å². The molecule has 1 atom stereocenters. The molecule has 0 aliphatic rings. The monoisotopic (exact) mass is 549 g/mol. The van der Waals surface area contributed by atoms with Crippen LogP contribution in [0.15, 0.2) is 42.5 Å². The molecule has 2 rings (SSSR count). The molecule has 0 fully saturated rings. The highest BCUT2D eigenvalue weighted by molar-refractivity contribution is 5.72. The molecular weight excluding hydrogens is 521 g/mol. The van der Waals surface area contributed by atoms with Crippen LogP contribution in [0.3, 0.4) is 0 Å². The fourth-order valence-corrected chi connectivity index (χ4v) is 3.17. The number of ether oxygens (including phenoxy) is 4. The molecule has 210 valence electrons. The SMILES string of the molecule is CCOC(Cc1ccc(OCCN(CCCOCC(F)(F)F)C(=O)Oc2ccc(F)c(F)c2)cc1)C(=O)O. The van der Waals surface area contributed by atoms with E-state index in [9.17, 15) is 36.6 Å². The van der Waals surface area contributed by atoms with E-state index in [0.717, 1.165) is 17.0 Å². The van der Waals surface area contributed by atoms with Crippen LogP contribution in [0.5, 0.6) is 11.5 Å². The molecule has 0 radical (unpaired) electrons. The summed E-state index contributed by atoms with van der Waals surface area (Å²) >= 11 is 0. The molecule has 0 saturated carbocycles. The van der Waals surface area contributed by atoms with Crippen molar-refractivity contribution in [1.29, 1.82) is 0 Å². The van der Waals surface area contributed by atoms with Gasteiger partial charge in [-0.15, -0.1) is 0 Å². The second-order valence-electron chi connectivity index (χ2n) is 7.93. The van der Waals surface area contributed by atoms with Crippen molar-refractivity contribution >= 4 is 12.1 Å². The molecule has 0 aliphatic carbocycles. The summed E-state index contributed by atoms with van der Waals surface area (Å²) in [5.41, 5.74) is 0.703. The van der Waals surface area contributed by atoms with E-state index >= 15 is 0 Å². The lowest BCUT2D eigenvalue weighted by molar-refractivity contribution is -0.174. The zero-order valence-corrected chi connectivity index (χ0v) is 20.5. The van der Waals surface area contributed by atoms with Crippen molar-refractivity contribution in [3.8, 4) is 11.5 Å². The average molecular weight is 549 g/mol. The molecule has 1 unspecified atom stereocenters. The molecule has 1 N–H and O–H groups in total. The highest BCUT2D eigenvalue weighted by Gasteiger charge is 2.27. The third-order valence-corrected chi connectivity index (χ3v) is 4.95. The maximum Gasteiger partial charge on any atom is 0.415 e. The number of benzene rings is 2. The first-order chi connectivity index (χ1) is 18.0. The molecule has 1 amide bonds. The smallest absolute Gasteiger partial charge is 0.415 e. The number of carboxylic acid groups (broad SMARTS) is 1.